The van der Waals surface area contributed by atoms with Crippen molar-refractivity contribution >= 4 is 29.1 Å². The summed E-state index contributed by atoms with van der Waals surface area (Å²) in [7, 11) is 0. The van der Waals surface area contributed by atoms with Crippen molar-refractivity contribution in [3.63, 3.8) is 0 Å². The predicted octanol–water partition coefficient (Wildman–Crippen LogP) is 3.99. The number of carbonyl (C=O) groups is 2. The summed E-state index contributed by atoms with van der Waals surface area (Å²) in [6.45, 7) is 1.95. The average Bonchev–Trinajstić information content (AvgIpc) is 2.52. The zero-order valence-corrected chi connectivity index (χ0v) is 14.0. The maximum atomic E-state index is 13.1. The van der Waals surface area contributed by atoms with Gasteiger partial charge in [0.15, 0.2) is 0 Å². The van der Waals surface area contributed by atoms with E-state index in [1.807, 2.05) is 0 Å². The summed E-state index contributed by atoms with van der Waals surface area (Å²) in [6, 6.07) is 4.29. The van der Waals surface area contributed by atoms with Gasteiger partial charge in [-0.2, -0.15) is 0 Å². The van der Waals surface area contributed by atoms with Gasteiger partial charge in [0, 0.05) is 31.6 Å². The highest BCUT2D eigenvalue weighted by Crippen LogP contribution is 2.23. The Morgan fingerprint density at radius 2 is 2.00 bits per heavy atom. The molecule has 0 saturated heterocycles. The van der Waals surface area contributed by atoms with Crippen LogP contribution in [0.2, 0.25) is 5.02 Å². The molecule has 0 radical (unpaired) electrons. The smallest absolute Gasteiger partial charge is 0.226 e. The minimum absolute atomic E-state index is 0.00882. The van der Waals surface area contributed by atoms with Crippen LogP contribution in [0, 0.1) is 5.82 Å². The maximum absolute atomic E-state index is 13.1. The molecular formula is C17H22ClFN2O2. The minimum atomic E-state index is -0.523. The summed E-state index contributed by atoms with van der Waals surface area (Å²) < 4.78 is 13.1. The number of halogens is 2. The number of benzene rings is 1. The van der Waals surface area contributed by atoms with Gasteiger partial charge in [0.25, 0.3) is 0 Å². The van der Waals surface area contributed by atoms with E-state index < -0.39 is 5.82 Å². The van der Waals surface area contributed by atoms with Crippen LogP contribution in [0.15, 0.2) is 18.2 Å². The summed E-state index contributed by atoms with van der Waals surface area (Å²) in [6.07, 6.45) is 5.71. The summed E-state index contributed by atoms with van der Waals surface area (Å²) in [4.78, 5) is 25.7. The number of rotatable bonds is 5. The molecular weight excluding hydrogens is 319 g/mol. The Bertz CT molecular complexity index is 574. The van der Waals surface area contributed by atoms with Crippen molar-refractivity contribution in [3.8, 4) is 0 Å². The molecule has 0 aromatic heterocycles. The van der Waals surface area contributed by atoms with Gasteiger partial charge in [-0.25, -0.2) is 4.39 Å². The standard InChI is InChI=1S/C17H22ClFN2O2/c1-12(22)21(14-5-3-2-4-6-14)10-9-17(23)20-13-7-8-16(19)15(18)11-13/h7-8,11,14H,2-6,9-10H2,1H3,(H,20,23). The van der Waals surface area contributed by atoms with Crippen molar-refractivity contribution in [2.24, 2.45) is 0 Å². The number of carbonyl (C=O) groups excluding carboxylic acids is 2. The van der Waals surface area contributed by atoms with Gasteiger partial charge in [-0.15, -0.1) is 0 Å². The molecule has 1 aromatic carbocycles. The zero-order chi connectivity index (χ0) is 16.8. The normalized spacial score (nSPS) is 15.3. The molecule has 1 aliphatic carbocycles. The fourth-order valence-corrected chi connectivity index (χ4v) is 3.19. The molecule has 1 N–H and O–H groups in total. The van der Waals surface area contributed by atoms with Gasteiger partial charge < -0.3 is 10.2 Å². The molecule has 2 amide bonds. The number of anilines is 1. The Morgan fingerprint density at radius 3 is 2.61 bits per heavy atom. The van der Waals surface area contributed by atoms with Crippen LogP contribution in [0.4, 0.5) is 10.1 Å². The van der Waals surface area contributed by atoms with E-state index in [0.717, 1.165) is 25.7 Å². The number of amides is 2. The van der Waals surface area contributed by atoms with Crippen LogP contribution < -0.4 is 5.32 Å². The van der Waals surface area contributed by atoms with Crippen LogP contribution in [-0.4, -0.2) is 29.3 Å². The van der Waals surface area contributed by atoms with E-state index >= 15 is 0 Å². The van der Waals surface area contributed by atoms with Crippen LogP contribution in [0.25, 0.3) is 0 Å². The van der Waals surface area contributed by atoms with Crippen LogP contribution >= 0.6 is 11.6 Å². The van der Waals surface area contributed by atoms with E-state index in [9.17, 15) is 14.0 Å². The van der Waals surface area contributed by atoms with Crippen LogP contribution in [-0.2, 0) is 9.59 Å². The van der Waals surface area contributed by atoms with Crippen molar-refractivity contribution in [2.75, 3.05) is 11.9 Å². The predicted molar refractivity (Wildman–Crippen MR) is 88.9 cm³/mol. The second-order valence-electron chi connectivity index (χ2n) is 5.93. The molecule has 0 spiro atoms. The van der Waals surface area contributed by atoms with E-state index in [4.69, 9.17) is 11.6 Å². The lowest BCUT2D eigenvalue weighted by Crippen LogP contribution is -2.41. The van der Waals surface area contributed by atoms with E-state index in [1.54, 1.807) is 11.8 Å². The first-order valence-electron chi connectivity index (χ1n) is 7.99. The molecule has 1 fully saturated rings. The molecule has 0 unspecified atom stereocenters. The molecule has 0 atom stereocenters. The number of hydrogen-bond donors (Lipinski definition) is 1. The van der Waals surface area contributed by atoms with Gasteiger partial charge in [-0.1, -0.05) is 30.9 Å². The highest BCUT2D eigenvalue weighted by Gasteiger charge is 2.23. The molecule has 0 bridgehead atoms. The summed E-state index contributed by atoms with van der Waals surface area (Å²) >= 11 is 5.69. The molecule has 126 valence electrons. The van der Waals surface area contributed by atoms with E-state index in [2.05, 4.69) is 5.32 Å². The molecule has 2 rings (SSSR count). The Morgan fingerprint density at radius 1 is 1.30 bits per heavy atom. The fraction of sp³-hybridized carbons (Fsp3) is 0.529. The Kier molecular flexibility index (Phi) is 6.39. The number of nitrogens with zero attached hydrogens (tertiary/aromatic N) is 1. The fourth-order valence-electron chi connectivity index (χ4n) is 3.01. The monoisotopic (exact) mass is 340 g/mol. The quantitative estimate of drug-likeness (QED) is 0.881. The zero-order valence-electron chi connectivity index (χ0n) is 13.3. The van der Waals surface area contributed by atoms with Crippen molar-refractivity contribution < 1.29 is 14.0 Å². The van der Waals surface area contributed by atoms with Crippen molar-refractivity contribution in [1.82, 2.24) is 4.90 Å². The Hall–Kier alpha value is -1.62. The topological polar surface area (TPSA) is 49.4 Å². The number of hydrogen-bond acceptors (Lipinski definition) is 2. The molecule has 1 aromatic rings. The van der Waals surface area contributed by atoms with Gasteiger partial charge in [0.1, 0.15) is 5.82 Å². The van der Waals surface area contributed by atoms with Crippen molar-refractivity contribution in [2.45, 2.75) is 51.5 Å². The molecule has 0 aliphatic heterocycles. The molecule has 6 heteroatoms. The third-order valence-corrected chi connectivity index (χ3v) is 4.49. The SMILES string of the molecule is CC(=O)N(CCC(=O)Nc1ccc(F)c(Cl)c1)C1CCCCC1. The summed E-state index contributed by atoms with van der Waals surface area (Å²) in [5, 5.41) is 2.65. The maximum Gasteiger partial charge on any atom is 0.226 e. The van der Waals surface area contributed by atoms with E-state index in [0.29, 0.717) is 12.2 Å². The number of nitrogens with one attached hydrogen (secondary N) is 1. The Balaban J connectivity index is 1.88. The van der Waals surface area contributed by atoms with Gasteiger partial charge in [0.05, 0.1) is 5.02 Å². The first-order valence-corrected chi connectivity index (χ1v) is 8.37. The molecule has 23 heavy (non-hydrogen) atoms. The lowest BCUT2D eigenvalue weighted by Gasteiger charge is -2.33. The minimum Gasteiger partial charge on any atom is -0.339 e. The third kappa shape index (κ3) is 5.20. The van der Waals surface area contributed by atoms with Crippen molar-refractivity contribution in [1.29, 1.82) is 0 Å². The molecule has 0 heterocycles. The third-order valence-electron chi connectivity index (χ3n) is 4.20. The largest absolute Gasteiger partial charge is 0.339 e. The van der Waals surface area contributed by atoms with Gasteiger partial charge in [0.2, 0.25) is 11.8 Å². The van der Waals surface area contributed by atoms with E-state index in [-0.39, 0.29) is 29.3 Å². The molecule has 1 saturated carbocycles. The average molecular weight is 341 g/mol. The van der Waals surface area contributed by atoms with Crippen LogP contribution in [0.3, 0.4) is 0 Å². The van der Waals surface area contributed by atoms with Gasteiger partial charge in [-0.05, 0) is 31.0 Å². The lowest BCUT2D eigenvalue weighted by atomic mass is 9.94. The second-order valence-corrected chi connectivity index (χ2v) is 6.34. The highest BCUT2D eigenvalue weighted by molar-refractivity contribution is 6.31. The first kappa shape index (κ1) is 17.7. The summed E-state index contributed by atoms with van der Waals surface area (Å²) in [5.41, 5.74) is 0.452. The van der Waals surface area contributed by atoms with Gasteiger partial charge >= 0.3 is 0 Å². The molecule has 4 nitrogen and oxygen atoms in total. The van der Waals surface area contributed by atoms with Crippen LogP contribution in [0.1, 0.15) is 45.4 Å². The summed E-state index contributed by atoms with van der Waals surface area (Å²) in [5.74, 6) is -0.728. The van der Waals surface area contributed by atoms with E-state index in [1.165, 1.54) is 24.6 Å². The van der Waals surface area contributed by atoms with Crippen molar-refractivity contribution in [3.05, 3.63) is 29.0 Å². The first-order chi connectivity index (χ1) is 11.0. The lowest BCUT2D eigenvalue weighted by molar-refractivity contribution is -0.132. The van der Waals surface area contributed by atoms with Gasteiger partial charge in [-0.3, -0.25) is 9.59 Å². The second kappa shape index (κ2) is 8.29. The molecule has 1 aliphatic rings. The Labute approximate surface area is 141 Å². The van der Waals surface area contributed by atoms with Crippen LogP contribution in [0.5, 0.6) is 0 Å². The highest BCUT2D eigenvalue weighted by atomic mass is 35.5.